The molecule has 0 aliphatic carbocycles. The largest absolute Gasteiger partial charge is 0.491 e. The Bertz CT molecular complexity index is 964. The number of ether oxygens (including phenoxy) is 1. The molecule has 0 aliphatic rings. The first-order chi connectivity index (χ1) is 12.6. The molecule has 3 aromatic rings. The van der Waals surface area contributed by atoms with Gasteiger partial charge in [0.25, 0.3) is 11.5 Å². The Kier molecular flexibility index (Phi) is 5.31. The number of aromatic nitrogens is 2. The molecule has 0 bridgehead atoms. The predicted molar refractivity (Wildman–Crippen MR) is 100 cm³/mol. The summed E-state index contributed by atoms with van der Waals surface area (Å²) in [6.07, 6.45) is 1.05. The molecule has 134 valence electrons. The number of carbonyl (C=O) groups excluding carboxylic acids is 1. The lowest BCUT2D eigenvalue weighted by Gasteiger charge is -2.12. The van der Waals surface area contributed by atoms with E-state index in [4.69, 9.17) is 4.74 Å². The number of hydrogen-bond acceptors (Lipinski definition) is 4. The molecular formula is C20H21N3O3. The standard InChI is InChI=1S/C20H21N3O3/c1-3-13(2)26-15-10-8-14(9-11-15)19(24)21-12-18-16-6-4-5-7-17(16)20(25)23-22-18/h4-11,13H,3,12H2,1-2H3,(H,21,24)(H,23,25). The summed E-state index contributed by atoms with van der Waals surface area (Å²) in [7, 11) is 0. The van der Waals surface area contributed by atoms with E-state index in [1.165, 1.54) is 0 Å². The van der Waals surface area contributed by atoms with Crippen LogP contribution in [0.2, 0.25) is 0 Å². The van der Waals surface area contributed by atoms with E-state index >= 15 is 0 Å². The molecule has 3 rings (SSSR count). The minimum Gasteiger partial charge on any atom is -0.491 e. The second kappa shape index (κ2) is 7.82. The van der Waals surface area contributed by atoms with Gasteiger partial charge in [-0.2, -0.15) is 5.10 Å². The number of hydrogen-bond donors (Lipinski definition) is 2. The lowest BCUT2D eigenvalue weighted by molar-refractivity contribution is 0.0950. The van der Waals surface area contributed by atoms with Crippen molar-refractivity contribution >= 4 is 16.7 Å². The normalized spacial score (nSPS) is 11.9. The summed E-state index contributed by atoms with van der Waals surface area (Å²) in [5, 5.41) is 10.6. The number of amides is 1. The maximum atomic E-state index is 12.4. The third-order valence-electron chi connectivity index (χ3n) is 4.22. The first-order valence-electron chi connectivity index (χ1n) is 8.59. The molecule has 0 spiro atoms. The molecule has 0 fully saturated rings. The van der Waals surface area contributed by atoms with Gasteiger partial charge in [0.1, 0.15) is 5.75 Å². The Labute approximate surface area is 151 Å². The number of carbonyl (C=O) groups is 1. The second-order valence-electron chi connectivity index (χ2n) is 6.09. The van der Waals surface area contributed by atoms with Crippen molar-refractivity contribution in [2.24, 2.45) is 0 Å². The van der Waals surface area contributed by atoms with Crippen LogP contribution < -0.4 is 15.6 Å². The van der Waals surface area contributed by atoms with E-state index in [2.05, 4.69) is 22.4 Å². The van der Waals surface area contributed by atoms with Gasteiger partial charge in [0, 0.05) is 10.9 Å². The number of benzene rings is 2. The lowest BCUT2D eigenvalue weighted by atomic mass is 10.1. The summed E-state index contributed by atoms with van der Waals surface area (Å²) in [5.41, 5.74) is 0.910. The van der Waals surface area contributed by atoms with Gasteiger partial charge in [0.2, 0.25) is 0 Å². The van der Waals surface area contributed by atoms with Crippen LogP contribution in [-0.4, -0.2) is 22.2 Å². The number of nitrogens with zero attached hydrogens (tertiary/aromatic N) is 1. The quantitative estimate of drug-likeness (QED) is 0.715. The molecule has 1 amide bonds. The van der Waals surface area contributed by atoms with Gasteiger partial charge in [-0.25, -0.2) is 5.10 Å². The topological polar surface area (TPSA) is 84.1 Å². The van der Waals surface area contributed by atoms with Crippen molar-refractivity contribution in [1.82, 2.24) is 15.5 Å². The van der Waals surface area contributed by atoms with Crippen LogP contribution in [-0.2, 0) is 6.54 Å². The Balaban J connectivity index is 1.70. The average Bonchev–Trinajstić information content (AvgIpc) is 2.68. The predicted octanol–water partition coefficient (Wildman–Crippen LogP) is 3.03. The Morgan fingerprint density at radius 3 is 2.54 bits per heavy atom. The summed E-state index contributed by atoms with van der Waals surface area (Å²) in [6, 6.07) is 14.2. The monoisotopic (exact) mass is 351 g/mol. The van der Waals surface area contributed by atoms with Gasteiger partial charge < -0.3 is 10.1 Å². The first kappa shape index (κ1) is 17.7. The van der Waals surface area contributed by atoms with Crippen molar-refractivity contribution < 1.29 is 9.53 Å². The van der Waals surface area contributed by atoms with Crippen LogP contribution in [0.25, 0.3) is 10.8 Å². The Morgan fingerprint density at radius 2 is 1.85 bits per heavy atom. The lowest BCUT2D eigenvalue weighted by Crippen LogP contribution is -2.24. The van der Waals surface area contributed by atoms with Crippen molar-refractivity contribution in [1.29, 1.82) is 0 Å². The SMILES string of the molecule is CCC(C)Oc1ccc(C(=O)NCc2n[nH]c(=O)c3ccccc23)cc1. The molecule has 1 heterocycles. The van der Waals surface area contributed by atoms with E-state index < -0.39 is 0 Å². The van der Waals surface area contributed by atoms with Crippen LogP contribution in [0, 0.1) is 0 Å². The molecular weight excluding hydrogens is 330 g/mol. The maximum Gasteiger partial charge on any atom is 0.272 e. The molecule has 0 saturated carbocycles. The zero-order chi connectivity index (χ0) is 18.5. The van der Waals surface area contributed by atoms with Gasteiger partial charge in [-0.1, -0.05) is 25.1 Å². The molecule has 2 N–H and O–H groups in total. The second-order valence-corrected chi connectivity index (χ2v) is 6.09. The minimum atomic E-state index is -0.243. The van der Waals surface area contributed by atoms with E-state index in [1.54, 1.807) is 36.4 Å². The van der Waals surface area contributed by atoms with E-state index in [0.717, 1.165) is 17.6 Å². The highest BCUT2D eigenvalue weighted by molar-refractivity contribution is 5.94. The van der Waals surface area contributed by atoms with Gasteiger partial charge in [-0.05, 0) is 43.7 Å². The van der Waals surface area contributed by atoms with E-state index in [0.29, 0.717) is 16.6 Å². The van der Waals surface area contributed by atoms with Crippen LogP contribution in [0.5, 0.6) is 5.75 Å². The van der Waals surface area contributed by atoms with Crippen LogP contribution in [0.1, 0.15) is 36.3 Å². The molecule has 1 unspecified atom stereocenters. The number of rotatable bonds is 6. The highest BCUT2D eigenvalue weighted by Crippen LogP contribution is 2.15. The van der Waals surface area contributed by atoms with E-state index in [-0.39, 0.29) is 24.1 Å². The van der Waals surface area contributed by atoms with E-state index in [9.17, 15) is 9.59 Å². The fourth-order valence-electron chi connectivity index (χ4n) is 2.57. The number of nitrogens with one attached hydrogen (secondary N) is 2. The van der Waals surface area contributed by atoms with Crippen LogP contribution in [0.3, 0.4) is 0 Å². The molecule has 0 saturated heterocycles. The van der Waals surface area contributed by atoms with Crippen molar-refractivity contribution in [2.75, 3.05) is 0 Å². The molecule has 2 aromatic carbocycles. The summed E-state index contributed by atoms with van der Waals surface area (Å²) < 4.78 is 5.71. The summed E-state index contributed by atoms with van der Waals surface area (Å²) in [4.78, 5) is 24.2. The minimum absolute atomic E-state index is 0.134. The fourth-order valence-corrected chi connectivity index (χ4v) is 2.57. The van der Waals surface area contributed by atoms with Gasteiger partial charge >= 0.3 is 0 Å². The summed E-state index contributed by atoms with van der Waals surface area (Å²) >= 11 is 0. The third-order valence-corrected chi connectivity index (χ3v) is 4.22. The first-order valence-corrected chi connectivity index (χ1v) is 8.59. The van der Waals surface area contributed by atoms with Crippen molar-refractivity contribution in [3.8, 4) is 5.75 Å². The van der Waals surface area contributed by atoms with Crippen LogP contribution >= 0.6 is 0 Å². The number of H-pyrrole nitrogens is 1. The third kappa shape index (κ3) is 3.91. The fraction of sp³-hybridized carbons (Fsp3) is 0.250. The van der Waals surface area contributed by atoms with E-state index in [1.807, 2.05) is 19.1 Å². The van der Waals surface area contributed by atoms with Crippen molar-refractivity contribution in [3.05, 3.63) is 70.1 Å². The summed E-state index contributed by atoms with van der Waals surface area (Å²) in [5.74, 6) is 0.529. The van der Waals surface area contributed by atoms with Gasteiger partial charge in [-0.15, -0.1) is 0 Å². The Hall–Kier alpha value is -3.15. The molecule has 0 radical (unpaired) electrons. The van der Waals surface area contributed by atoms with Crippen molar-refractivity contribution in [2.45, 2.75) is 32.9 Å². The molecule has 6 heteroatoms. The highest BCUT2D eigenvalue weighted by Gasteiger charge is 2.10. The maximum absolute atomic E-state index is 12.4. The zero-order valence-electron chi connectivity index (χ0n) is 14.8. The van der Waals surface area contributed by atoms with Crippen molar-refractivity contribution in [3.63, 3.8) is 0 Å². The zero-order valence-corrected chi connectivity index (χ0v) is 14.8. The molecule has 6 nitrogen and oxygen atoms in total. The van der Waals surface area contributed by atoms with Crippen LogP contribution in [0.15, 0.2) is 53.3 Å². The van der Waals surface area contributed by atoms with Crippen LogP contribution in [0.4, 0.5) is 0 Å². The molecule has 26 heavy (non-hydrogen) atoms. The number of fused-ring (bicyclic) bond motifs is 1. The summed E-state index contributed by atoms with van der Waals surface area (Å²) in [6.45, 7) is 4.28. The average molecular weight is 351 g/mol. The van der Waals surface area contributed by atoms with Gasteiger partial charge in [-0.3, -0.25) is 9.59 Å². The smallest absolute Gasteiger partial charge is 0.272 e. The molecule has 1 aromatic heterocycles. The highest BCUT2D eigenvalue weighted by atomic mass is 16.5. The van der Waals surface area contributed by atoms with Gasteiger partial charge in [0.15, 0.2) is 0 Å². The Morgan fingerprint density at radius 1 is 1.15 bits per heavy atom. The molecule has 0 aliphatic heterocycles. The van der Waals surface area contributed by atoms with Gasteiger partial charge in [0.05, 0.1) is 23.7 Å². The molecule has 1 atom stereocenters. The number of aromatic amines is 1.